The molecule has 1 heterocycles. The molecule has 0 unspecified atom stereocenters. The van der Waals surface area contributed by atoms with Gasteiger partial charge in [-0.2, -0.15) is 0 Å². The number of rotatable bonds is 0. The molecule has 1 aromatic heterocycles. The van der Waals surface area contributed by atoms with Crippen LogP contribution in [-0.4, -0.2) is 4.98 Å². The molecule has 0 saturated heterocycles. The van der Waals surface area contributed by atoms with E-state index < -0.39 is 0 Å². The molecule has 0 spiro atoms. The molecule has 2 nitrogen and oxygen atoms in total. The predicted octanol–water partition coefficient (Wildman–Crippen LogP) is 1.80. The van der Waals surface area contributed by atoms with Crippen molar-refractivity contribution in [3.05, 3.63) is 28.5 Å². The number of fused-ring (bicyclic) bond motifs is 1. The second-order valence-electron chi connectivity index (χ2n) is 1.95. The molecule has 0 saturated carbocycles. The van der Waals surface area contributed by atoms with Crippen molar-refractivity contribution in [3.8, 4) is 0 Å². The number of pyridine rings is 1. The van der Waals surface area contributed by atoms with Gasteiger partial charge in [0.2, 0.25) is 0 Å². The van der Waals surface area contributed by atoms with Gasteiger partial charge in [0.05, 0.1) is 0 Å². The van der Waals surface area contributed by atoms with Crippen LogP contribution in [-0.2, 0) is 6.42 Å². The van der Waals surface area contributed by atoms with E-state index in [1.165, 1.54) is 11.1 Å². The van der Waals surface area contributed by atoms with E-state index in [1.807, 2.05) is 12.3 Å². The summed E-state index contributed by atoms with van der Waals surface area (Å²) in [7, 11) is 0. The van der Waals surface area contributed by atoms with E-state index in [4.69, 9.17) is 11.6 Å². The Morgan fingerprint density at radius 3 is 2.78 bits per heavy atom. The van der Waals surface area contributed by atoms with E-state index in [9.17, 15) is 0 Å². The van der Waals surface area contributed by atoms with Gasteiger partial charge >= 0.3 is 0 Å². The summed E-state index contributed by atoms with van der Waals surface area (Å²) >= 11 is 5.57. The number of hydrogen-bond acceptors (Lipinski definition) is 2. The van der Waals surface area contributed by atoms with Crippen LogP contribution in [0.4, 0.5) is 0 Å². The Kier molecular flexibility index (Phi) is 1.43. The van der Waals surface area contributed by atoms with Crippen LogP contribution in [0, 0.1) is 0 Å². The van der Waals surface area contributed by atoms with E-state index in [-0.39, 0.29) is 6.15 Å². The average molecular weight is 143 g/mol. The molecule has 1 aliphatic carbocycles. The third-order valence-corrected chi connectivity index (χ3v) is 1.51. The fourth-order valence-corrected chi connectivity index (χ4v) is 0.934. The highest BCUT2D eigenvalue weighted by atomic mass is 35.5. The molecule has 2 rings (SSSR count). The van der Waals surface area contributed by atoms with Crippen LogP contribution < -0.4 is 6.15 Å². The molecule has 0 amide bonds. The highest BCUT2D eigenvalue weighted by molar-refractivity contribution is 6.29. The normalized spacial score (nSPS) is 11.7. The monoisotopic (exact) mass is 142 g/mol. The zero-order chi connectivity index (χ0) is 5.56. The Morgan fingerprint density at radius 1 is 1.44 bits per heavy atom. The Bertz CT molecular complexity index is 234. The van der Waals surface area contributed by atoms with Crippen molar-refractivity contribution in [2.24, 2.45) is 0 Å². The molecule has 0 aromatic carbocycles. The lowest BCUT2D eigenvalue weighted by atomic mass is 10.5. The fourth-order valence-electron chi connectivity index (χ4n) is 0.754. The first-order chi connectivity index (χ1) is 3.86. The standard InChI is InChI=1S/C6H4ClN.H3N/c7-6-2-4-1-5(4)3-8-6;/h2-3H,1H2;1H3. The minimum Gasteiger partial charge on any atom is -0.344 e. The molecule has 3 heteroatoms. The summed E-state index contributed by atoms with van der Waals surface area (Å²) in [6.07, 6.45) is 2.93. The van der Waals surface area contributed by atoms with Crippen LogP contribution in [0.5, 0.6) is 0 Å². The number of aromatic nitrogens is 1. The first kappa shape index (κ1) is 6.52. The lowest BCUT2D eigenvalue weighted by molar-refractivity contribution is 1.34. The van der Waals surface area contributed by atoms with Gasteiger partial charge in [-0.3, -0.25) is 0 Å². The first-order valence-electron chi connectivity index (χ1n) is 2.49. The van der Waals surface area contributed by atoms with E-state index >= 15 is 0 Å². The molecule has 0 fully saturated rings. The number of halogens is 1. The van der Waals surface area contributed by atoms with Gasteiger partial charge in [0.15, 0.2) is 0 Å². The predicted molar refractivity (Wildman–Crippen MR) is 37.1 cm³/mol. The lowest BCUT2D eigenvalue weighted by Crippen LogP contribution is -1.66. The Morgan fingerprint density at radius 2 is 2.22 bits per heavy atom. The molecule has 0 bridgehead atoms. The second kappa shape index (κ2) is 1.97. The second-order valence-corrected chi connectivity index (χ2v) is 2.34. The van der Waals surface area contributed by atoms with Gasteiger partial charge in [0, 0.05) is 6.20 Å². The SMILES string of the molecule is Clc1cc2c(cn1)C2.N. The molecule has 48 valence electrons. The van der Waals surface area contributed by atoms with Crippen molar-refractivity contribution in [2.45, 2.75) is 6.42 Å². The minimum absolute atomic E-state index is 0. The largest absolute Gasteiger partial charge is 0.344 e. The molecule has 0 atom stereocenters. The minimum atomic E-state index is 0. The maximum absolute atomic E-state index is 5.57. The van der Waals surface area contributed by atoms with Crippen LogP contribution in [0.1, 0.15) is 11.1 Å². The molecule has 0 aliphatic heterocycles. The molecule has 1 aromatic rings. The summed E-state index contributed by atoms with van der Waals surface area (Å²) in [5, 5.41) is 0.612. The number of nitrogens with zero attached hydrogens (tertiary/aromatic N) is 1. The van der Waals surface area contributed by atoms with E-state index in [0.29, 0.717) is 5.15 Å². The lowest BCUT2D eigenvalue weighted by Gasteiger charge is -1.79. The zero-order valence-electron chi connectivity index (χ0n) is 4.89. The first-order valence-corrected chi connectivity index (χ1v) is 2.87. The Hall–Kier alpha value is -0.600. The topological polar surface area (TPSA) is 47.9 Å². The van der Waals surface area contributed by atoms with Crippen molar-refractivity contribution >= 4 is 11.6 Å². The summed E-state index contributed by atoms with van der Waals surface area (Å²) in [6, 6.07) is 1.91. The van der Waals surface area contributed by atoms with Gasteiger partial charge in [0.25, 0.3) is 0 Å². The Balaban J connectivity index is 0.000000405. The molecule has 3 N–H and O–H groups in total. The van der Waals surface area contributed by atoms with Crippen LogP contribution in [0.2, 0.25) is 5.15 Å². The maximum Gasteiger partial charge on any atom is 0.129 e. The van der Waals surface area contributed by atoms with Crippen LogP contribution in [0.15, 0.2) is 12.3 Å². The van der Waals surface area contributed by atoms with E-state index in [1.54, 1.807) is 0 Å². The van der Waals surface area contributed by atoms with Gasteiger partial charge in [-0.15, -0.1) is 0 Å². The maximum atomic E-state index is 5.57. The summed E-state index contributed by atoms with van der Waals surface area (Å²) in [5.41, 5.74) is 2.69. The van der Waals surface area contributed by atoms with Crippen molar-refractivity contribution in [2.75, 3.05) is 0 Å². The third-order valence-electron chi connectivity index (χ3n) is 1.31. The molecule has 1 aliphatic rings. The highest BCUT2D eigenvalue weighted by Crippen LogP contribution is 2.27. The van der Waals surface area contributed by atoms with Gasteiger partial charge in [-0.25, -0.2) is 4.98 Å². The van der Waals surface area contributed by atoms with E-state index in [0.717, 1.165) is 6.42 Å². The average Bonchev–Trinajstić information content (AvgIpc) is 2.43. The fraction of sp³-hybridized carbons (Fsp3) is 0.167. The smallest absolute Gasteiger partial charge is 0.129 e. The van der Waals surface area contributed by atoms with Crippen molar-refractivity contribution in [1.82, 2.24) is 11.1 Å². The molecule has 9 heavy (non-hydrogen) atoms. The van der Waals surface area contributed by atoms with Gasteiger partial charge in [-0.05, 0) is 23.6 Å². The van der Waals surface area contributed by atoms with Crippen molar-refractivity contribution < 1.29 is 0 Å². The van der Waals surface area contributed by atoms with Gasteiger partial charge < -0.3 is 6.15 Å². The number of hydrogen-bond donors (Lipinski definition) is 1. The van der Waals surface area contributed by atoms with Crippen molar-refractivity contribution in [1.29, 1.82) is 0 Å². The summed E-state index contributed by atoms with van der Waals surface area (Å²) < 4.78 is 0. The summed E-state index contributed by atoms with van der Waals surface area (Å²) in [5.74, 6) is 0. The Labute approximate surface area is 58.4 Å². The third kappa shape index (κ3) is 1.04. The molecular weight excluding hydrogens is 136 g/mol. The zero-order valence-corrected chi connectivity index (χ0v) is 5.65. The molecular formula is C6H7ClN2. The quantitative estimate of drug-likeness (QED) is 0.571. The van der Waals surface area contributed by atoms with E-state index in [2.05, 4.69) is 4.98 Å². The van der Waals surface area contributed by atoms with Gasteiger partial charge in [0.1, 0.15) is 5.15 Å². The van der Waals surface area contributed by atoms with Crippen LogP contribution in [0.3, 0.4) is 0 Å². The summed E-state index contributed by atoms with van der Waals surface area (Å²) in [6.45, 7) is 0. The molecule has 0 radical (unpaired) electrons. The van der Waals surface area contributed by atoms with Crippen molar-refractivity contribution in [3.63, 3.8) is 0 Å². The highest BCUT2D eigenvalue weighted by Gasteiger charge is 2.15. The van der Waals surface area contributed by atoms with Crippen LogP contribution >= 0.6 is 11.6 Å². The van der Waals surface area contributed by atoms with Gasteiger partial charge in [-0.1, -0.05) is 11.6 Å². The summed E-state index contributed by atoms with van der Waals surface area (Å²) in [4.78, 5) is 3.90. The van der Waals surface area contributed by atoms with Crippen LogP contribution in [0.25, 0.3) is 0 Å².